The van der Waals surface area contributed by atoms with Crippen LogP contribution in [0.3, 0.4) is 0 Å². The van der Waals surface area contributed by atoms with E-state index in [0.717, 1.165) is 16.8 Å². The van der Waals surface area contributed by atoms with Crippen LogP contribution in [-0.4, -0.2) is 74.1 Å². The van der Waals surface area contributed by atoms with Gasteiger partial charge >= 0.3 is 19.4 Å². The molecular weight excluding hydrogens is 539 g/mol. The number of nitrogens with one attached hydrogen (secondary N) is 1. The molecule has 17 heteroatoms. The summed E-state index contributed by atoms with van der Waals surface area (Å²) >= 11 is 0. The summed E-state index contributed by atoms with van der Waals surface area (Å²) in [5.41, 5.74) is 5.17. The third-order valence-electron chi connectivity index (χ3n) is 6.24. The second-order valence-corrected chi connectivity index (χ2v) is 10.6. The summed E-state index contributed by atoms with van der Waals surface area (Å²) in [5, 5.41) is 25.0. The molecule has 16 nitrogen and oxygen atoms in total. The number of aromatic nitrogens is 2. The van der Waals surface area contributed by atoms with Crippen molar-refractivity contribution in [2.24, 2.45) is 5.11 Å². The van der Waals surface area contributed by atoms with Gasteiger partial charge in [0.25, 0.3) is 5.56 Å². The molecule has 0 saturated carbocycles. The molecule has 1 aromatic carbocycles. The Morgan fingerprint density at radius 2 is 2.05 bits per heavy atom. The molecule has 3 heterocycles. The normalized spacial score (nSPS) is 28.4. The molecule has 2 fully saturated rings. The monoisotopic (exact) mass is 566 g/mol. The highest BCUT2D eigenvalue weighted by molar-refractivity contribution is 7.51. The molecule has 0 spiro atoms. The van der Waals surface area contributed by atoms with Crippen LogP contribution < -0.4 is 15.8 Å². The van der Waals surface area contributed by atoms with Crippen molar-refractivity contribution < 1.29 is 38.1 Å². The number of para-hydroxylation sites is 1. The van der Waals surface area contributed by atoms with Crippen LogP contribution in [0, 0.1) is 0 Å². The largest absolute Gasteiger partial charge is 0.465 e. The summed E-state index contributed by atoms with van der Waals surface area (Å²) in [7, 11) is -4.43. The lowest BCUT2D eigenvalue weighted by Gasteiger charge is -2.33. The van der Waals surface area contributed by atoms with E-state index in [1.807, 2.05) is 4.98 Å². The van der Waals surface area contributed by atoms with Gasteiger partial charge in [-0.25, -0.2) is 9.36 Å². The molecule has 210 valence electrons. The highest BCUT2D eigenvalue weighted by atomic mass is 31.2. The second-order valence-electron chi connectivity index (χ2n) is 8.71. The number of aromatic amines is 1. The molecule has 3 N–H and O–H groups in total. The molecule has 0 amide bonds. The second kappa shape index (κ2) is 11.7. The van der Waals surface area contributed by atoms with Crippen LogP contribution in [0.2, 0.25) is 0 Å². The van der Waals surface area contributed by atoms with Gasteiger partial charge in [-0.15, -0.1) is 0 Å². The molecule has 0 bridgehead atoms. The maximum absolute atomic E-state index is 14.3. The van der Waals surface area contributed by atoms with Crippen molar-refractivity contribution in [3.8, 4) is 5.75 Å². The number of rotatable bonds is 10. The lowest BCUT2D eigenvalue weighted by atomic mass is 10.1. The van der Waals surface area contributed by atoms with Gasteiger partial charge in [0.05, 0.1) is 13.2 Å². The van der Waals surface area contributed by atoms with Crippen molar-refractivity contribution in [1.82, 2.24) is 14.2 Å². The summed E-state index contributed by atoms with van der Waals surface area (Å²) in [6.07, 6.45) is -3.64. The number of carbonyl (C=O) groups excluding carboxylic acids is 1. The van der Waals surface area contributed by atoms with Gasteiger partial charge in [0.1, 0.15) is 24.0 Å². The third-order valence-corrected chi connectivity index (χ3v) is 8.24. The molecule has 0 radical (unpaired) electrons. The minimum absolute atomic E-state index is 0.0945. The van der Waals surface area contributed by atoms with E-state index < -0.39 is 61.8 Å². The van der Waals surface area contributed by atoms with E-state index in [1.165, 1.54) is 16.8 Å². The predicted octanol–water partition coefficient (Wildman–Crippen LogP) is 1.03. The smallest absolute Gasteiger partial charge is 0.462 e. The molecule has 1 aromatic heterocycles. The molecule has 2 aromatic rings. The van der Waals surface area contributed by atoms with Crippen LogP contribution >= 0.6 is 7.75 Å². The Labute approximate surface area is 220 Å². The van der Waals surface area contributed by atoms with Gasteiger partial charge in [-0.05, 0) is 37.4 Å². The molecule has 4 rings (SSSR count). The van der Waals surface area contributed by atoms with Crippen molar-refractivity contribution in [1.29, 1.82) is 0 Å². The van der Waals surface area contributed by atoms with Crippen molar-refractivity contribution in [3.63, 3.8) is 0 Å². The van der Waals surface area contributed by atoms with Gasteiger partial charge in [0.15, 0.2) is 6.23 Å². The summed E-state index contributed by atoms with van der Waals surface area (Å²) < 4.78 is 38.5. The van der Waals surface area contributed by atoms with E-state index in [0.29, 0.717) is 12.8 Å². The molecule has 2 unspecified atom stereocenters. The average molecular weight is 566 g/mol. The van der Waals surface area contributed by atoms with Crippen LogP contribution in [0.25, 0.3) is 10.4 Å². The van der Waals surface area contributed by atoms with Crippen LogP contribution in [0.1, 0.15) is 26.0 Å². The Kier molecular flexibility index (Phi) is 8.57. The number of aliphatic hydroxyl groups excluding tert-OH is 2. The SMILES string of the molecule is CCOC(=O)[C@@H]1CCCN1P(=O)(OCC1(N=[N+]=[N-])O[C@@H](n2ccc(=O)[nH]c2=O)[C@@H](O)[C@H]1O)Oc1ccccc1. The Morgan fingerprint density at radius 3 is 2.72 bits per heavy atom. The number of H-pyrrole nitrogens is 1. The van der Waals surface area contributed by atoms with E-state index >= 15 is 0 Å². The number of esters is 1. The summed E-state index contributed by atoms with van der Waals surface area (Å²) in [6.45, 7) is 0.937. The van der Waals surface area contributed by atoms with Crippen molar-refractivity contribution in [3.05, 3.63) is 73.9 Å². The summed E-state index contributed by atoms with van der Waals surface area (Å²) in [6, 6.07) is 7.99. The van der Waals surface area contributed by atoms with Crippen LogP contribution in [0.15, 0.2) is 57.3 Å². The van der Waals surface area contributed by atoms with Gasteiger partial charge in [0, 0.05) is 23.7 Å². The molecule has 2 saturated heterocycles. The molecule has 6 atom stereocenters. The minimum Gasteiger partial charge on any atom is -0.465 e. The number of benzene rings is 1. The molecule has 2 aliphatic heterocycles. The Morgan fingerprint density at radius 1 is 1.31 bits per heavy atom. The number of carbonyl (C=O) groups is 1. The topological polar surface area (TPSA) is 218 Å². The fourth-order valence-electron chi connectivity index (χ4n) is 4.39. The van der Waals surface area contributed by atoms with E-state index in [2.05, 4.69) is 10.0 Å². The Hall–Kier alpha value is -3.49. The van der Waals surface area contributed by atoms with Gasteiger partial charge in [0.2, 0.25) is 5.72 Å². The number of azide groups is 1. The first-order chi connectivity index (χ1) is 18.6. The van der Waals surface area contributed by atoms with Gasteiger partial charge in [-0.1, -0.05) is 23.3 Å². The van der Waals surface area contributed by atoms with Crippen molar-refractivity contribution in [2.75, 3.05) is 19.8 Å². The third kappa shape index (κ3) is 5.77. The predicted molar refractivity (Wildman–Crippen MR) is 132 cm³/mol. The maximum atomic E-state index is 14.3. The van der Waals surface area contributed by atoms with Crippen LogP contribution in [-0.2, 0) is 23.4 Å². The van der Waals surface area contributed by atoms with E-state index in [1.54, 1.807) is 25.1 Å². The fourth-order valence-corrected chi connectivity index (χ4v) is 6.37. The van der Waals surface area contributed by atoms with Gasteiger partial charge < -0.3 is 24.2 Å². The standard InChI is InChI=1S/C22H27N6O10P/c1-2-35-20(32)15-9-6-11-28(15)39(34,38-14-7-4-3-5-8-14)36-13-22(25-26-23)18(31)17(30)19(37-22)27-12-10-16(29)24-21(27)33/h3-5,7-8,10,12,15,17-19,30-31H,2,6,9,11,13H2,1H3,(H,24,29,33)/t15-,17-,18+,19+,22?,39?/m0/s1. The Bertz CT molecular complexity index is 1400. The molecule has 2 aliphatic rings. The average Bonchev–Trinajstić information content (AvgIpc) is 3.50. The van der Waals surface area contributed by atoms with Gasteiger partial charge in [-0.3, -0.25) is 23.7 Å². The first-order valence-electron chi connectivity index (χ1n) is 12.0. The number of ether oxygens (including phenoxy) is 2. The van der Waals surface area contributed by atoms with Crippen molar-refractivity contribution in [2.45, 2.75) is 50.0 Å². The molecular formula is C22H27N6O10P. The van der Waals surface area contributed by atoms with Gasteiger partial charge in [-0.2, -0.15) is 4.67 Å². The van der Waals surface area contributed by atoms with E-state index in [-0.39, 0.29) is 18.9 Å². The first kappa shape index (κ1) is 28.5. The number of hydrogen-bond donors (Lipinski definition) is 3. The highest BCUT2D eigenvalue weighted by Crippen LogP contribution is 2.56. The fraction of sp³-hybridized carbons (Fsp3) is 0.500. The number of aliphatic hydroxyl groups is 2. The lowest BCUT2D eigenvalue weighted by Crippen LogP contribution is -2.46. The van der Waals surface area contributed by atoms with Crippen LogP contribution in [0.4, 0.5) is 0 Å². The van der Waals surface area contributed by atoms with E-state index in [9.17, 15) is 34.7 Å². The molecule has 0 aliphatic carbocycles. The van der Waals surface area contributed by atoms with Crippen molar-refractivity contribution >= 4 is 13.7 Å². The minimum atomic E-state index is -4.43. The first-order valence-corrected chi connectivity index (χ1v) is 13.5. The maximum Gasteiger partial charge on any atom is 0.462 e. The summed E-state index contributed by atoms with van der Waals surface area (Å²) in [5.74, 6) is -0.496. The zero-order chi connectivity index (χ0) is 28.2. The quantitative estimate of drug-likeness (QED) is 0.121. The number of nitrogens with zero attached hydrogens (tertiary/aromatic N) is 5. The number of hydrogen-bond acceptors (Lipinski definition) is 11. The Balaban J connectivity index is 1.67. The van der Waals surface area contributed by atoms with E-state index in [4.69, 9.17) is 18.5 Å². The molecule has 39 heavy (non-hydrogen) atoms. The zero-order valence-corrected chi connectivity index (χ0v) is 21.6. The summed E-state index contributed by atoms with van der Waals surface area (Å²) in [4.78, 5) is 41.0. The highest BCUT2D eigenvalue weighted by Gasteiger charge is 2.57. The van der Waals surface area contributed by atoms with Crippen LogP contribution in [0.5, 0.6) is 5.75 Å². The lowest BCUT2D eigenvalue weighted by molar-refractivity contribution is -0.147. The zero-order valence-electron chi connectivity index (χ0n) is 20.7.